The van der Waals surface area contributed by atoms with Crippen molar-refractivity contribution in [1.29, 1.82) is 0 Å². The molecule has 0 bridgehead atoms. The highest BCUT2D eigenvalue weighted by Gasteiger charge is 2.22. The molecule has 0 aliphatic heterocycles. The SMILES string of the molecule is O=c1[nH]c(=O)n(C2CCCC(Br)CCC2)c2nc(Cl)c(F)cc12. The fraction of sp³-hybridized carbons (Fsp3) is 0.533. The highest BCUT2D eigenvalue weighted by atomic mass is 79.9. The summed E-state index contributed by atoms with van der Waals surface area (Å²) in [6.45, 7) is 0. The first kappa shape index (κ1) is 16.6. The van der Waals surface area contributed by atoms with Crippen molar-refractivity contribution in [2.24, 2.45) is 0 Å². The Labute approximate surface area is 145 Å². The Morgan fingerprint density at radius 2 is 1.91 bits per heavy atom. The molecule has 124 valence electrons. The molecule has 0 saturated heterocycles. The van der Waals surface area contributed by atoms with E-state index in [1.54, 1.807) is 0 Å². The van der Waals surface area contributed by atoms with E-state index in [9.17, 15) is 14.0 Å². The number of alkyl halides is 1. The molecule has 0 spiro atoms. The second-order valence-electron chi connectivity index (χ2n) is 5.87. The highest BCUT2D eigenvalue weighted by molar-refractivity contribution is 9.09. The number of aromatic amines is 1. The fourth-order valence-corrected chi connectivity index (χ4v) is 3.95. The number of hydrogen-bond acceptors (Lipinski definition) is 3. The van der Waals surface area contributed by atoms with Gasteiger partial charge in [-0.25, -0.2) is 14.2 Å². The zero-order chi connectivity index (χ0) is 16.6. The van der Waals surface area contributed by atoms with Gasteiger partial charge in [0.2, 0.25) is 0 Å². The molecule has 0 atom stereocenters. The summed E-state index contributed by atoms with van der Waals surface area (Å²) >= 11 is 9.40. The summed E-state index contributed by atoms with van der Waals surface area (Å²) in [7, 11) is 0. The van der Waals surface area contributed by atoms with Gasteiger partial charge < -0.3 is 0 Å². The molecule has 2 aromatic heterocycles. The minimum atomic E-state index is -0.769. The van der Waals surface area contributed by atoms with Crippen LogP contribution in [0.15, 0.2) is 15.7 Å². The van der Waals surface area contributed by atoms with Crippen LogP contribution in [0.1, 0.15) is 44.6 Å². The van der Waals surface area contributed by atoms with Gasteiger partial charge in [0.1, 0.15) is 0 Å². The lowest BCUT2D eigenvalue weighted by atomic mass is 9.96. The molecule has 5 nitrogen and oxygen atoms in total. The third-order valence-electron chi connectivity index (χ3n) is 4.30. The number of rotatable bonds is 1. The number of halogens is 3. The van der Waals surface area contributed by atoms with E-state index >= 15 is 0 Å². The molecule has 2 heterocycles. The Bertz CT molecular complexity index is 841. The number of nitrogens with one attached hydrogen (secondary N) is 1. The molecule has 1 aliphatic carbocycles. The van der Waals surface area contributed by atoms with E-state index in [0.717, 1.165) is 44.6 Å². The predicted octanol–water partition coefficient (Wildman–Crippen LogP) is 3.54. The molecule has 1 fully saturated rings. The fourth-order valence-electron chi connectivity index (χ4n) is 3.16. The van der Waals surface area contributed by atoms with E-state index in [2.05, 4.69) is 25.9 Å². The Morgan fingerprint density at radius 3 is 2.57 bits per heavy atom. The molecule has 0 radical (unpaired) electrons. The van der Waals surface area contributed by atoms with Crippen molar-refractivity contribution in [1.82, 2.24) is 14.5 Å². The Morgan fingerprint density at radius 1 is 1.26 bits per heavy atom. The van der Waals surface area contributed by atoms with Crippen LogP contribution in [0.5, 0.6) is 0 Å². The van der Waals surface area contributed by atoms with Gasteiger partial charge in [0.05, 0.1) is 5.39 Å². The van der Waals surface area contributed by atoms with E-state index < -0.39 is 17.1 Å². The van der Waals surface area contributed by atoms with Crippen molar-refractivity contribution in [3.05, 3.63) is 37.9 Å². The lowest BCUT2D eigenvalue weighted by Crippen LogP contribution is -2.34. The number of fused-ring (bicyclic) bond motifs is 1. The maximum atomic E-state index is 13.6. The minimum absolute atomic E-state index is 0.0481. The Balaban J connectivity index is 2.14. The topological polar surface area (TPSA) is 67.8 Å². The van der Waals surface area contributed by atoms with Gasteiger partial charge >= 0.3 is 5.69 Å². The van der Waals surface area contributed by atoms with E-state index in [4.69, 9.17) is 11.6 Å². The first-order valence-corrected chi connectivity index (χ1v) is 8.91. The first-order chi connectivity index (χ1) is 11.0. The molecule has 23 heavy (non-hydrogen) atoms. The van der Waals surface area contributed by atoms with Crippen molar-refractivity contribution < 1.29 is 4.39 Å². The molecule has 1 saturated carbocycles. The van der Waals surface area contributed by atoms with Crippen molar-refractivity contribution in [2.75, 3.05) is 0 Å². The van der Waals surface area contributed by atoms with Crippen LogP contribution >= 0.6 is 27.5 Å². The predicted molar refractivity (Wildman–Crippen MR) is 91.0 cm³/mol. The molecule has 0 unspecified atom stereocenters. The summed E-state index contributed by atoms with van der Waals surface area (Å²) in [4.78, 5) is 31.0. The number of nitrogens with zero attached hydrogens (tertiary/aromatic N) is 2. The zero-order valence-corrected chi connectivity index (χ0v) is 14.7. The van der Waals surface area contributed by atoms with Gasteiger partial charge in [0.25, 0.3) is 5.56 Å². The second-order valence-corrected chi connectivity index (χ2v) is 7.53. The third kappa shape index (κ3) is 3.35. The van der Waals surface area contributed by atoms with Gasteiger partial charge in [-0.2, -0.15) is 0 Å². The van der Waals surface area contributed by atoms with Crippen molar-refractivity contribution >= 4 is 38.6 Å². The number of aromatic nitrogens is 3. The van der Waals surface area contributed by atoms with Gasteiger partial charge in [-0.1, -0.05) is 40.4 Å². The minimum Gasteiger partial charge on any atom is -0.274 e. The van der Waals surface area contributed by atoms with Gasteiger partial charge in [0.15, 0.2) is 16.6 Å². The van der Waals surface area contributed by atoms with Crippen molar-refractivity contribution in [3.63, 3.8) is 0 Å². The van der Waals surface area contributed by atoms with Crippen LogP contribution in [0.4, 0.5) is 4.39 Å². The van der Waals surface area contributed by atoms with Gasteiger partial charge in [-0.15, -0.1) is 0 Å². The quantitative estimate of drug-likeness (QED) is 0.584. The van der Waals surface area contributed by atoms with Crippen LogP contribution in [-0.2, 0) is 0 Å². The molecular weight excluding hydrogens is 389 g/mol. The number of pyridine rings is 1. The summed E-state index contributed by atoms with van der Waals surface area (Å²) in [5, 5.41) is -0.283. The summed E-state index contributed by atoms with van der Waals surface area (Å²) < 4.78 is 15.1. The van der Waals surface area contributed by atoms with Crippen LogP contribution in [0.25, 0.3) is 11.0 Å². The monoisotopic (exact) mass is 403 g/mol. The average Bonchev–Trinajstić information content (AvgIpc) is 2.46. The molecule has 1 aliphatic rings. The van der Waals surface area contributed by atoms with E-state index in [-0.39, 0.29) is 22.2 Å². The summed E-state index contributed by atoms with van der Waals surface area (Å²) in [5.74, 6) is -0.769. The Kier molecular flexibility index (Phi) is 4.87. The number of H-pyrrole nitrogens is 1. The van der Waals surface area contributed by atoms with Gasteiger partial charge in [0, 0.05) is 10.9 Å². The van der Waals surface area contributed by atoms with Crippen LogP contribution in [0.2, 0.25) is 5.15 Å². The van der Waals surface area contributed by atoms with Crippen molar-refractivity contribution in [2.45, 2.75) is 49.4 Å². The zero-order valence-electron chi connectivity index (χ0n) is 12.3. The molecule has 1 N–H and O–H groups in total. The van der Waals surface area contributed by atoms with E-state index in [1.807, 2.05) is 0 Å². The third-order valence-corrected chi connectivity index (χ3v) is 5.48. The van der Waals surface area contributed by atoms with Crippen LogP contribution < -0.4 is 11.2 Å². The molecule has 0 amide bonds. The molecule has 2 aromatic rings. The van der Waals surface area contributed by atoms with E-state index in [1.165, 1.54) is 4.57 Å². The normalized spacial score (nSPS) is 22.7. The molecular formula is C15H16BrClFN3O2. The summed E-state index contributed by atoms with van der Waals surface area (Å²) in [5.41, 5.74) is -1.000. The standard InChI is InChI=1S/C15H16BrClFN3O2/c16-8-3-1-5-9(6-2-4-8)21-13-10(14(22)20-15(21)23)7-11(18)12(17)19-13/h7-9H,1-6H2,(H,20,22,23). The van der Waals surface area contributed by atoms with E-state index in [0.29, 0.717) is 4.83 Å². The number of hydrogen-bond donors (Lipinski definition) is 1. The van der Waals surface area contributed by atoms with Crippen LogP contribution in [0, 0.1) is 5.82 Å². The van der Waals surface area contributed by atoms with Crippen LogP contribution in [-0.4, -0.2) is 19.4 Å². The second kappa shape index (κ2) is 6.73. The summed E-state index contributed by atoms with van der Waals surface area (Å²) in [6.07, 6.45) is 5.61. The maximum Gasteiger partial charge on any atom is 0.330 e. The molecule has 3 rings (SSSR count). The smallest absolute Gasteiger partial charge is 0.274 e. The highest BCUT2D eigenvalue weighted by Crippen LogP contribution is 2.30. The van der Waals surface area contributed by atoms with Gasteiger partial charge in [-0.05, 0) is 31.7 Å². The molecule has 8 heteroatoms. The largest absolute Gasteiger partial charge is 0.330 e. The first-order valence-electron chi connectivity index (χ1n) is 7.62. The summed E-state index contributed by atoms with van der Waals surface area (Å²) in [6, 6.07) is 0.965. The van der Waals surface area contributed by atoms with Gasteiger partial charge in [-0.3, -0.25) is 14.3 Å². The Hall–Kier alpha value is -1.21. The maximum absolute atomic E-state index is 13.6. The molecule has 0 aromatic carbocycles. The lowest BCUT2D eigenvalue weighted by molar-refractivity contribution is 0.372. The van der Waals surface area contributed by atoms with Crippen LogP contribution in [0.3, 0.4) is 0 Å². The lowest BCUT2D eigenvalue weighted by Gasteiger charge is -2.24. The average molecular weight is 405 g/mol. The van der Waals surface area contributed by atoms with Crippen molar-refractivity contribution in [3.8, 4) is 0 Å².